The second-order valence-electron chi connectivity index (χ2n) is 10.4. The van der Waals surface area contributed by atoms with E-state index >= 15 is 0 Å². The Bertz CT molecular complexity index is 1630. The summed E-state index contributed by atoms with van der Waals surface area (Å²) >= 11 is 10.4. The Hall–Kier alpha value is -2.24. The van der Waals surface area contributed by atoms with Gasteiger partial charge in [0.1, 0.15) is 5.82 Å². The first-order valence-electron chi connectivity index (χ1n) is 14.0. The van der Waals surface area contributed by atoms with Crippen LogP contribution in [0.25, 0.3) is 11.0 Å². The average Bonchev–Trinajstić information content (AvgIpc) is 3.49. The Morgan fingerprint density at radius 3 is 2.41 bits per heavy atom. The van der Waals surface area contributed by atoms with E-state index in [1.165, 1.54) is 30.4 Å². The quantitative estimate of drug-likeness (QED) is 0.169. The number of rotatable bonds is 11. The lowest BCUT2D eigenvalue weighted by Crippen LogP contribution is -2.39. The molecule has 1 aliphatic heterocycles. The van der Waals surface area contributed by atoms with Crippen molar-refractivity contribution in [3.63, 3.8) is 0 Å². The standard InChI is InChI=1S/C30H34BrClN4O3S2/c1-2-3-17-36(41(38,39)30-24(31)18-27(32)40-30)29(37)19-28-33-25-13-7-8-14-26(25)35(28)21-23-12-6-5-11-22(23)20-34-15-9-4-10-16-34/h5-8,11-14,18H,2-4,9-10,15-17,19-21H2,1H3. The van der Waals surface area contributed by atoms with Gasteiger partial charge in [0.15, 0.2) is 4.21 Å². The number of carbonyl (C=O) groups excluding carboxylic acids is 1. The minimum Gasteiger partial charge on any atom is -0.323 e. The summed E-state index contributed by atoms with van der Waals surface area (Å²) in [6, 6.07) is 17.8. The van der Waals surface area contributed by atoms with Gasteiger partial charge < -0.3 is 4.57 Å². The number of unbranched alkanes of at least 4 members (excludes halogenated alkanes) is 1. The SMILES string of the molecule is CCCCN(C(=O)Cc1nc2ccccc2n1Cc1ccccc1CN1CCCCC1)S(=O)(=O)c1sc(Cl)cc1Br. The molecule has 0 atom stereocenters. The number of benzene rings is 2. The maximum absolute atomic E-state index is 13.8. The summed E-state index contributed by atoms with van der Waals surface area (Å²) < 4.78 is 31.2. The molecule has 41 heavy (non-hydrogen) atoms. The van der Waals surface area contributed by atoms with Crippen LogP contribution in [0.2, 0.25) is 4.34 Å². The molecule has 1 aliphatic rings. The number of piperidine rings is 1. The van der Waals surface area contributed by atoms with Crippen molar-refractivity contribution in [1.29, 1.82) is 0 Å². The second kappa shape index (κ2) is 13.4. The highest BCUT2D eigenvalue weighted by Gasteiger charge is 2.33. The van der Waals surface area contributed by atoms with Crippen molar-refractivity contribution < 1.29 is 13.2 Å². The Labute approximate surface area is 259 Å². The van der Waals surface area contributed by atoms with Crippen LogP contribution in [-0.2, 0) is 34.3 Å². The van der Waals surface area contributed by atoms with E-state index in [2.05, 4.69) is 43.6 Å². The van der Waals surface area contributed by atoms with Crippen molar-refractivity contribution in [2.45, 2.75) is 62.7 Å². The van der Waals surface area contributed by atoms with Crippen LogP contribution in [0.4, 0.5) is 0 Å². The summed E-state index contributed by atoms with van der Waals surface area (Å²) in [6.45, 7) is 5.71. The number of para-hydroxylation sites is 2. The average molecular weight is 678 g/mol. The summed E-state index contributed by atoms with van der Waals surface area (Å²) in [5.41, 5.74) is 4.12. The maximum Gasteiger partial charge on any atom is 0.277 e. The van der Waals surface area contributed by atoms with Gasteiger partial charge in [-0.1, -0.05) is 67.8 Å². The number of thiophene rings is 1. The van der Waals surface area contributed by atoms with Crippen molar-refractivity contribution >= 4 is 65.8 Å². The number of hydrogen-bond donors (Lipinski definition) is 0. The molecule has 0 saturated carbocycles. The second-order valence-corrected chi connectivity index (χ2v) is 15.0. The van der Waals surface area contributed by atoms with Gasteiger partial charge in [-0.2, -0.15) is 0 Å². The topological polar surface area (TPSA) is 75.5 Å². The van der Waals surface area contributed by atoms with Crippen molar-refractivity contribution in [2.75, 3.05) is 19.6 Å². The largest absolute Gasteiger partial charge is 0.323 e. The zero-order chi connectivity index (χ0) is 29.0. The van der Waals surface area contributed by atoms with Crippen LogP contribution in [-0.4, -0.2) is 52.7 Å². The maximum atomic E-state index is 13.8. The summed E-state index contributed by atoms with van der Waals surface area (Å²) in [4.78, 5) is 21.1. The van der Waals surface area contributed by atoms with Gasteiger partial charge in [0.25, 0.3) is 10.0 Å². The number of imidazole rings is 1. The Balaban J connectivity index is 1.47. The van der Waals surface area contributed by atoms with Crippen LogP contribution < -0.4 is 0 Å². The summed E-state index contributed by atoms with van der Waals surface area (Å²) in [6.07, 6.45) is 4.92. The summed E-state index contributed by atoms with van der Waals surface area (Å²) in [7, 11) is -4.10. The molecule has 7 nitrogen and oxygen atoms in total. The Morgan fingerprint density at radius 1 is 1.05 bits per heavy atom. The number of fused-ring (bicyclic) bond motifs is 1. The fourth-order valence-electron chi connectivity index (χ4n) is 5.34. The molecule has 218 valence electrons. The van der Waals surface area contributed by atoms with E-state index in [4.69, 9.17) is 16.6 Å². The monoisotopic (exact) mass is 676 g/mol. The minimum atomic E-state index is -4.10. The first-order chi connectivity index (χ1) is 19.8. The molecule has 4 aromatic rings. The van der Waals surface area contributed by atoms with Crippen LogP contribution in [0.15, 0.2) is 63.3 Å². The van der Waals surface area contributed by atoms with Gasteiger partial charge in [-0.05, 0) is 77.6 Å². The third-order valence-corrected chi connectivity index (χ3v) is 12.2. The molecule has 5 rings (SSSR count). The molecule has 2 aromatic carbocycles. The molecular weight excluding hydrogens is 644 g/mol. The molecule has 3 heterocycles. The van der Waals surface area contributed by atoms with Gasteiger partial charge in [0, 0.05) is 19.6 Å². The number of carbonyl (C=O) groups is 1. The predicted octanol–water partition coefficient (Wildman–Crippen LogP) is 7.11. The number of amides is 1. The van der Waals surface area contributed by atoms with Crippen molar-refractivity contribution in [2.24, 2.45) is 0 Å². The van der Waals surface area contributed by atoms with Gasteiger partial charge in [-0.3, -0.25) is 9.69 Å². The first kappa shape index (κ1) is 30.2. The summed E-state index contributed by atoms with van der Waals surface area (Å²) in [5.74, 6) is 0.0389. The number of sulfonamides is 1. The zero-order valence-corrected chi connectivity index (χ0v) is 27.0. The molecule has 1 amide bonds. The van der Waals surface area contributed by atoms with Crippen molar-refractivity contribution in [1.82, 2.24) is 18.8 Å². The molecule has 0 spiro atoms. The summed E-state index contributed by atoms with van der Waals surface area (Å²) in [5, 5.41) is 0. The van der Waals surface area contributed by atoms with E-state index < -0.39 is 15.9 Å². The normalized spacial score (nSPS) is 14.5. The molecule has 2 aromatic heterocycles. The Kier molecular flexibility index (Phi) is 9.86. The highest BCUT2D eigenvalue weighted by Crippen LogP contribution is 2.36. The first-order valence-corrected chi connectivity index (χ1v) is 17.4. The lowest BCUT2D eigenvalue weighted by molar-refractivity contribution is -0.126. The predicted molar refractivity (Wildman–Crippen MR) is 169 cm³/mol. The van der Waals surface area contributed by atoms with E-state index in [-0.39, 0.29) is 17.2 Å². The fourth-order valence-corrected chi connectivity index (χ4v) is 9.86. The third kappa shape index (κ3) is 6.88. The molecule has 0 radical (unpaired) electrons. The molecule has 1 fully saturated rings. The lowest BCUT2D eigenvalue weighted by atomic mass is 10.0. The van der Waals surface area contributed by atoms with Crippen LogP contribution in [0, 0.1) is 0 Å². The number of halogens is 2. The zero-order valence-electron chi connectivity index (χ0n) is 23.1. The van der Waals surface area contributed by atoms with Gasteiger partial charge in [-0.25, -0.2) is 17.7 Å². The number of likely N-dealkylation sites (tertiary alicyclic amines) is 1. The van der Waals surface area contributed by atoms with E-state index in [1.54, 1.807) is 6.07 Å². The molecule has 11 heteroatoms. The number of aromatic nitrogens is 2. The molecule has 1 saturated heterocycles. The molecular formula is C30H34BrClN4O3S2. The number of hydrogen-bond acceptors (Lipinski definition) is 6. The highest BCUT2D eigenvalue weighted by atomic mass is 79.9. The lowest BCUT2D eigenvalue weighted by Gasteiger charge is -2.27. The van der Waals surface area contributed by atoms with Crippen LogP contribution >= 0.6 is 38.9 Å². The van der Waals surface area contributed by atoms with Gasteiger partial charge in [0.05, 0.1) is 26.3 Å². The highest BCUT2D eigenvalue weighted by molar-refractivity contribution is 9.10. The van der Waals surface area contributed by atoms with E-state index in [0.29, 0.717) is 27.6 Å². The van der Waals surface area contributed by atoms with Crippen molar-refractivity contribution in [3.8, 4) is 0 Å². The molecule has 0 N–H and O–H groups in total. The van der Waals surface area contributed by atoms with E-state index in [0.717, 1.165) is 52.7 Å². The van der Waals surface area contributed by atoms with Crippen molar-refractivity contribution in [3.05, 3.63) is 80.4 Å². The smallest absolute Gasteiger partial charge is 0.277 e. The van der Waals surface area contributed by atoms with Crippen LogP contribution in [0.3, 0.4) is 0 Å². The molecule has 0 aliphatic carbocycles. The van der Waals surface area contributed by atoms with Crippen LogP contribution in [0.1, 0.15) is 56.0 Å². The molecule has 0 bridgehead atoms. The Morgan fingerprint density at radius 2 is 1.73 bits per heavy atom. The van der Waals surface area contributed by atoms with Gasteiger partial charge in [0.2, 0.25) is 5.91 Å². The van der Waals surface area contributed by atoms with Gasteiger partial charge >= 0.3 is 0 Å². The van der Waals surface area contributed by atoms with Gasteiger partial charge in [-0.15, -0.1) is 11.3 Å². The minimum absolute atomic E-state index is 0.0343. The van der Waals surface area contributed by atoms with E-state index in [9.17, 15) is 13.2 Å². The number of nitrogens with zero attached hydrogens (tertiary/aromatic N) is 4. The third-order valence-electron chi connectivity index (χ3n) is 7.48. The van der Waals surface area contributed by atoms with E-state index in [1.807, 2.05) is 37.3 Å². The van der Waals surface area contributed by atoms with Crippen LogP contribution in [0.5, 0.6) is 0 Å². The fraction of sp³-hybridized carbons (Fsp3) is 0.400. The molecule has 0 unspecified atom stereocenters.